The quantitative estimate of drug-likeness (QED) is 0.643. The van der Waals surface area contributed by atoms with Gasteiger partial charge in [0.25, 0.3) is 5.91 Å². The molecule has 0 aliphatic carbocycles. The molecule has 0 saturated carbocycles. The topological polar surface area (TPSA) is 67.9 Å². The van der Waals surface area contributed by atoms with Crippen LogP contribution in [0, 0.1) is 0 Å². The first-order valence-corrected chi connectivity index (χ1v) is 9.90. The van der Waals surface area contributed by atoms with Gasteiger partial charge in [-0.3, -0.25) is 9.59 Å². The van der Waals surface area contributed by atoms with Crippen LogP contribution in [0.5, 0.6) is 11.5 Å². The van der Waals surface area contributed by atoms with Gasteiger partial charge in [-0.15, -0.1) is 0 Å². The van der Waals surface area contributed by atoms with Crippen LogP contribution in [-0.4, -0.2) is 43.0 Å². The molecule has 156 valence electrons. The van der Waals surface area contributed by atoms with Gasteiger partial charge in [-0.05, 0) is 38.1 Å². The van der Waals surface area contributed by atoms with Crippen LogP contribution in [-0.2, 0) is 16.1 Å². The van der Waals surface area contributed by atoms with Gasteiger partial charge in [-0.25, -0.2) is 0 Å². The first-order chi connectivity index (χ1) is 13.9. The highest BCUT2D eigenvalue weighted by Gasteiger charge is 2.27. The Balaban J connectivity index is 2.23. The second-order valence-electron chi connectivity index (χ2n) is 6.23. The van der Waals surface area contributed by atoms with Crippen molar-refractivity contribution in [2.24, 2.45) is 0 Å². The number of nitrogens with zero attached hydrogens (tertiary/aromatic N) is 1. The zero-order valence-electron chi connectivity index (χ0n) is 16.6. The molecule has 0 spiro atoms. The van der Waals surface area contributed by atoms with E-state index in [1.165, 1.54) is 12.0 Å². The normalized spacial score (nSPS) is 11.5. The molecule has 0 fully saturated rings. The predicted molar refractivity (Wildman–Crippen MR) is 114 cm³/mol. The second-order valence-corrected chi connectivity index (χ2v) is 7.05. The lowest BCUT2D eigenvalue weighted by molar-refractivity contribution is -0.142. The summed E-state index contributed by atoms with van der Waals surface area (Å²) < 4.78 is 10.9. The molecule has 0 saturated heterocycles. The van der Waals surface area contributed by atoms with E-state index >= 15 is 0 Å². The summed E-state index contributed by atoms with van der Waals surface area (Å²) in [7, 11) is 1.52. The van der Waals surface area contributed by atoms with Gasteiger partial charge in [0.15, 0.2) is 18.1 Å². The lowest BCUT2D eigenvalue weighted by atomic mass is 10.1. The van der Waals surface area contributed by atoms with Gasteiger partial charge in [0.05, 0.1) is 7.11 Å². The number of amides is 2. The van der Waals surface area contributed by atoms with Crippen LogP contribution in [0.2, 0.25) is 10.0 Å². The first-order valence-electron chi connectivity index (χ1n) is 9.14. The largest absolute Gasteiger partial charge is 0.493 e. The van der Waals surface area contributed by atoms with Crippen molar-refractivity contribution in [1.29, 1.82) is 0 Å². The van der Waals surface area contributed by atoms with Crippen LogP contribution in [0.3, 0.4) is 0 Å². The molecular weight excluding hydrogens is 415 g/mol. The van der Waals surface area contributed by atoms with Crippen LogP contribution in [0.15, 0.2) is 42.5 Å². The SMILES string of the molecule is CCNC(=O)[C@H](C)N(Cc1c(Cl)cccc1Cl)C(=O)COc1ccccc1OC. The fourth-order valence-electron chi connectivity index (χ4n) is 2.72. The van der Waals surface area contributed by atoms with Crippen molar-refractivity contribution in [1.82, 2.24) is 10.2 Å². The molecule has 0 bridgehead atoms. The Labute approximate surface area is 180 Å². The fourth-order valence-corrected chi connectivity index (χ4v) is 3.24. The van der Waals surface area contributed by atoms with Crippen molar-refractivity contribution in [3.8, 4) is 11.5 Å². The summed E-state index contributed by atoms with van der Waals surface area (Å²) in [6.07, 6.45) is 0. The van der Waals surface area contributed by atoms with Crippen LogP contribution in [0.25, 0.3) is 0 Å². The first kappa shape index (κ1) is 22.8. The van der Waals surface area contributed by atoms with E-state index in [1.54, 1.807) is 49.4 Å². The number of para-hydroxylation sites is 2. The smallest absolute Gasteiger partial charge is 0.261 e. The van der Waals surface area contributed by atoms with Crippen molar-refractivity contribution in [2.75, 3.05) is 20.3 Å². The van der Waals surface area contributed by atoms with Crippen molar-refractivity contribution < 1.29 is 19.1 Å². The molecule has 2 aromatic rings. The summed E-state index contributed by atoms with van der Waals surface area (Å²) in [6.45, 7) is 3.72. The molecule has 29 heavy (non-hydrogen) atoms. The predicted octanol–water partition coefficient (Wildman–Crippen LogP) is 3.93. The maximum atomic E-state index is 13.0. The molecule has 2 aromatic carbocycles. The van der Waals surface area contributed by atoms with Crippen LogP contribution in [0.4, 0.5) is 0 Å². The number of nitrogens with one attached hydrogen (secondary N) is 1. The van der Waals surface area contributed by atoms with E-state index in [0.29, 0.717) is 33.7 Å². The van der Waals surface area contributed by atoms with Crippen molar-refractivity contribution >= 4 is 35.0 Å². The Bertz CT molecular complexity index is 840. The van der Waals surface area contributed by atoms with E-state index in [-0.39, 0.29) is 25.0 Å². The molecule has 0 aliphatic heterocycles. The summed E-state index contributed by atoms with van der Waals surface area (Å²) in [6, 6.07) is 11.4. The van der Waals surface area contributed by atoms with E-state index in [1.807, 2.05) is 6.92 Å². The van der Waals surface area contributed by atoms with Gasteiger partial charge in [0, 0.05) is 28.7 Å². The average Bonchev–Trinajstić information content (AvgIpc) is 2.71. The number of methoxy groups -OCH3 is 1. The van der Waals surface area contributed by atoms with Crippen LogP contribution in [0.1, 0.15) is 19.4 Å². The molecule has 8 heteroatoms. The average molecular weight is 439 g/mol. The van der Waals surface area contributed by atoms with Gasteiger partial charge in [-0.2, -0.15) is 0 Å². The van der Waals surface area contributed by atoms with Crippen LogP contribution < -0.4 is 14.8 Å². The van der Waals surface area contributed by atoms with Gasteiger partial charge >= 0.3 is 0 Å². The molecule has 1 atom stereocenters. The number of hydrogen-bond donors (Lipinski definition) is 1. The van der Waals surface area contributed by atoms with E-state index in [9.17, 15) is 9.59 Å². The summed E-state index contributed by atoms with van der Waals surface area (Å²) in [5.74, 6) is 0.287. The van der Waals surface area contributed by atoms with Crippen molar-refractivity contribution in [3.63, 3.8) is 0 Å². The fraction of sp³-hybridized carbons (Fsp3) is 0.333. The molecule has 0 radical (unpaired) electrons. The van der Waals surface area contributed by atoms with Gasteiger partial charge < -0.3 is 19.7 Å². The summed E-state index contributed by atoms with van der Waals surface area (Å²) in [5, 5.41) is 3.57. The highest BCUT2D eigenvalue weighted by atomic mass is 35.5. The lowest BCUT2D eigenvalue weighted by Crippen LogP contribution is -2.49. The molecule has 0 aliphatic rings. The minimum atomic E-state index is -0.740. The maximum Gasteiger partial charge on any atom is 0.261 e. The third kappa shape index (κ3) is 6.02. The Morgan fingerprint density at radius 2 is 1.69 bits per heavy atom. The Hall–Kier alpha value is -2.44. The highest BCUT2D eigenvalue weighted by Crippen LogP contribution is 2.28. The lowest BCUT2D eigenvalue weighted by Gasteiger charge is -2.29. The van der Waals surface area contributed by atoms with Gasteiger partial charge in [0.1, 0.15) is 6.04 Å². The summed E-state index contributed by atoms with van der Waals surface area (Å²) in [4.78, 5) is 26.8. The third-order valence-corrected chi connectivity index (χ3v) is 5.04. The van der Waals surface area contributed by atoms with E-state index in [0.717, 1.165) is 0 Å². The second kappa shape index (κ2) is 10.9. The molecule has 2 amide bonds. The summed E-state index contributed by atoms with van der Waals surface area (Å²) in [5.41, 5.74) is 0.567. The Kier molecular flexibility index (Phi) is 8.61. The molecule has 2 rings (SSSR count). The molecule has 0 aromatic heterocycles. The molecule has 1 N–H and O–H groups in total. The molecule has 0 heterocycles. The molecule has 0 unspecified atom stereocenters. The summed E-state index contributed by atoms with van der Waals surface area (Å²) >= 11 is 12.5. The Morgan fingerprint density at radius 3 is 2.28 bits per heavy atom. The number of rotatable bonds is 9. The number of likely N-dealkylation sites (N-methyl/N-ethyl adjacent to an activating group) is 1. The maximum absolute atomic E-state index is 13.0. The highest BCUT2D eigenvalue weighted by molar-refractivity contribution is 6.36. The number of carbonyl (C=O) groups excluding carboxylic acids is 2. The minimum absolute atomic E-state index is 0.0743. The van der Waals surface area contributed by atoms with Gasteiger partial charge in [0.2, 0.25) is 5.91 Å². The van der Waals surface area contributed by atoms with E-state index in [2.05, 4.69) is 5.32 Å². The Morgan fingerprint density at radius 1 is 1.07 bits per heavy atom. The number of benzene rings is 2. The third-order valence-electron chi connectivity index (χ3n) is 4.33. The zero-order chi connectivity index (χ0) is 21.4. The van der Waals surface area contributed by atoms with E-state index in [4.69, 9.17) is 32.7 Å². The number of halogens is 2. The molecule has 6 nitrogen and oxygen atoms in total. The number of ether oxygens (including phenoxy) is 2. The zero-order valence-corrected chi connectivity index (χ0v) is 18.1. The molecular formula is C21H24Cl2N2O4. The number of carbonyl (C=O) groups is 2. The number of hydrogen-bond acceptors (Lipinski definition) is 4. The minimum Gasteiger partial charge on any atom is -0.493 e. The van der Waals surface area contributed by atoms with Crippen LogP contribution >= 0.6 is 23.2 Å². The van der Waals surface area contributed by atoms with E-state index < -0.39 is 6.04 Å². The standard InChI is InChI=1S/C21H24Cl2N2O4/c1-4-24-21(27)14(2)25(12-15-16(22)8-7-9-17(15)23)20(26)13-29-19-11-6-5-10-18(19)28-3/h5-11,14H,4,12-13H2,1-3H3,(H,24,27)/t14-/m0/s1. The monoisotopic (exact) mass is 438 g/mol. The van der Waals surface area contributed by atoms with Crippen molar-refractivity contribution in [3.05, 3.63) is 58.1 Å². The van der Waals surface area contributed by atoms with Gasteiger partial charge in [-0.1, -0.05) is 41.4 Å². The van der Waals surface area contributed by atoms with Crippen molar-refractivity contribution in [2.45, 2.75) is 26.4 Å².